The van der Waals surface area contributed by atoms with Crippen LogP contribution in [0.1, 0.15) is 12.8 Å². The highest BCUT2D eigenvalue weighted by atomic mass is 16.2. The summed E-state index contributed by atoms with van der Waals surface area (Å²) in [6.07, 6.45) is 3.64. The molecule has 1 aromatic heterocycles. The molecule has 1 aliphatic rings. The van der Waals surface area contributed by atoms with E-state index in [1.165, 1.54) is 0 Å². The van der Waals surface area contributed by atoms with Crippen LogP contribution in [0.2, 0.25) is 0 Å². The number of carbonyl (C=O) groups is 1. The van der Waals surface area contributed by atoms with E-state index in [2.05, 4.69) is 16.7 Å². The summed E-state index contributed by atoms with van der Waals surface area (Å²) in [5.41, 5.74) is 7.88. The highest BCUT2D eigenvalue weighted by Gasteiger charge is 2.34. The van der Waals surface area contributed by atoms with Gasteiger partial charge in [-0.25, -0.2) is 0 Å². The third-order valence-electron chi connectivity index (χ3n) is 4.09. The molecule has 1 heterocycles. The van der Waals surface area contributed by atoms with Gasteiger partial charge in [-0.05, 0) is 18.9 Å². The van der Waals surface area contributed by atoms with Crippen LogP contribution in [0.15, 0.2) is 30.5 Å². The zero-order valence-electron chi connectivity index (χ0n) is 11.3. The number of amides is 1. The fraction of sp³-hybridized carbons (Fsp3) is 0.400. The molecule has 1 saturated carbocycles. The van der Waals surface area contributed by atoms with E-state index in [1.54, 1.807) is 4.90 Å². The van der Waals surface area contributed by atoms with Gasteiger partial charge in [0.1, 0.15) is 0 Å². The fourth-order valence-electron chi connectivity index (χ4n) is 2.84. The molecule has 19 heavy (non-hydrogen) atoms. The van der Waals surface area contributed by atoms with Gasteiger partial charge < -0.3 is 15.2 Å². The Morgan fingerprint density at radius 2 is 2.05 bits per heavy atom. The normalized spacial score (nSPS) is 22.3. The van der Waals surface area contributed by atoms with Gasteiger partial charge >= 0.3 is 0 Å². The first kappa shape index (κ1) is 12.2. The Kier molecular flexibility index (Phi) is 2.82. The van der Waals surface area contributed by atoms with Gasteiger partial charge in [0.2, 0.25) is 5.91 Å². The molecule has 0 spiro atoms. The van der Waals surface area contributed by atoms with E-state index in [0.29, 0.717) is 0 Å². The van der Waals surface area contributed by atoms with Crippen LogP contribution in [0.4, 0.5) is 5.69 Å². The van der Waals surface area contributed by atoms with Gasteiger partial charge in [0.05, 0.1) is 5.69 Å². The van der Waals surface area contributed by atoms with Crippen molar-refractivity contribution < 1.29 is 4.79 Å². The molecule has 0 aliphatic heterocycles. The van der Waals surface area contributed by atoms with E-state index >= 15 is 0 Å². The molecule has 1 aromatic carbocycles. The highest BCUT2D eigenvalue weighted by Crippen LogP contribution is 2.32. The van der Waals surface area contributed by atoms with E-state index in [4.69, 9.17) is 5.73 Å². The predicted molar refractivity (Wildman–Crippen MR) is 77.0 cm³/mol. The molecule has 4 heteroatoms. The van der Waals surface area contributed by atoms with Crippen LogP contribution < -0.4 is 10.6 Å². The zero-order valence-corrected chi connectivity index (χ0v) is 11.3. The van der Waals surface area contributed by atoms with Crippen molar-refractivity contribution in [1.82, 2.24) is 4.57 Å². The van der Waals surface area contributed by atoms with E-state index in [0.717, 1.165) is 29.4 Å². The van der Waals surface area contributed by atoms with Crippen LogP contribution in [-0.4, -0.2) is 23.6 Å². The van der Waals surface area contributed by atoms with Gasteiger partial charge in [-0.2, -0.15) is 0 Å². The number of aromatic nitrogens is 1. The molecule has 1 amide bonds. The van der Waals surface area contributed by atoms with Crippen molar-refractivity contribution in [3.8, 4) is 0 Å². The Morgan fingerprint density at radius 3 is 2.74 bits per heavy atom. The molecule has 0 atom stereocenters. The lowest BCUT2D eigenvalue weighted by Gasteiger charge is -2.34. The molecule has 0 bridgehead atoms. The lowest BCUT2D eigenvalue weighted by Crippen LogP contribution is -2.45. The summed E-state index contributed by atoms with van der Waals surface area (Å²) in [6.45, 7) is 0. The van der Waals surface area contributed by atoms with Gasteiger partial charge in [0.15, 0.2) is 0 Å². The van der Waals surface area contributed by atoms with Gasteiger partial charge in [0.25, 0.3) is 0 Å². The van der Waals surface area contributed by atoms with Crippen molar-refractivity contribution in [1.29, 1.82) is 0 Å². The molecule has 2 aromatic rings. The third-order valence-corrected chi connectivity index (χ3v) is 4.09. The summed E-state index contributed by atoms with van der Waals surface area (Å²) in [4.78, 5) is 14.2. The van der Waals surface area contributed by atoms with Crippen molar-refractivity contribution in [3.05, 3.63) is 30.5 Å². The second-order valence-electron chi connectivity index (χ2n) is 5.47. The lowest BCUT2D eigenvalue weighted by molar-refractivity contribution is -0.124. The zero-order chi connectivity index (χ0) is 13.6. The molecule has 1 aliphatic carbocycles. The molecule has 1 fully saturated rings. The van der Waals surface area contributed by atoms with Gasteiger partial charge in [-0.1, -0.05) is 18.2 Å². The van der Waals surface area contributed by atoms with Crippen molar-refractivity contribution in [2.24, 2.45) is 18.7 Å². The summed E-state index contributed by atoms with van der Waals surface area (Å²) in [7, 11) is 3.86. The average molecular weight is 257 g/mol. The maximum absolute atomic E-state index is 12.4. The number of carbonyl (C=O) groups excluding carboxylic acids is 1. The van der Waals surface area contributed by atoms with E-state index in [1.807, 2.05) is 32.4 Å². The molecule has 100 valence electrons. The minimum Gasteiger partial charge on any atom is -0.348 e. The van der Waals surface area contributed by atoms with Crippen LogP contribution in [0.5, 0.6) is 0 Å². The van der Waals surface area contributed by atoms with Crippen molar-refractivity contribution in [3.63, 3.8) is 0 Å². The number of benzene rings is 1. The van der Waals surface area contributed by atoms with E-state index in [-0.39, 0.29) is 17.9 Å². The van der Waals surface area contributed by atoms with Gasteiger partial charge in [0, 0.05) is 43.2 Å². The summed E-state index contributed by atoms with van der Waals surface area (Å²) in [5.74, 6) is 0.275. The fourth-order valence-corrected chi connectivity index (χ4v) is 2.84. The predicted octanol–water partition coefficient (Wildman–Crippen LogP) is 1.88. The SMILES string of the molecule is CN(C(=O)C1CC(N)C1)c1cn(C)c2ccccc12. The second-order valence-corrected chi connectivity index (χ2v) is 5.47. The molecule has 2 N–H and O–H groups in total. The second kappa shape index (κ2) is 4.38. The van der Waals surface area contributed by atoms with E-state index in [9.17, 15) is 4.79 Å². The largest absolute Gasteiger partial charge is 0.348 e. The first-order valence-corrected chi connectivity index (χ1v) is 6.65. The Labute approximate surface area is 112 Å². The van der Waals surface area contributed by atoms with Crippen molar-refractivity contribution >= 4 is 22.5 Å². The Bertz CT molecular complexity index is 625. The van der Waals surface area contributed by atoms with Crippen LogP contribution in [0.25, 0.3) is 10.9 Å². The Morgan fingerprint density at radius 1 is 1.37 bits per heavy atom. The minimum absolute atomic E-state index is 0.0963. The molecule has 4 nitrogen and oxygen atoms in total. The smallest absolute Gasteiger partial charge is 0.230 e. The molecular formula is C15H19N3O. The lowest BCUT2D eigenvalue weighted by atomic mass is 9.80. The average Bonchev–Trinajstić information content (AvgIpc) is 2.72. The van der Waals surface area contributed by atoms with E-state index < -0.39 is 0 Å². The summed E-state index contributed by atoms with van der Waals surface area (Å²) < 4.78 is 2.06. The van der Waals surface area contributed by atoms with Crippen LogP contribution in [0, 0.1) is 5.92 Å². The number of aryl methyl sites for hydroxylation is 1. The Hall–Kier alpha value is -1.81. The van der Waals surface area contributed by atoms with Crippen molar-refractivity contribution in [2.45, 2.75) is 18.9 Å². The molecular weight excluding hydrogens is 238 g/mol. The number of nitrogens with zero attached hydrogens (tertiary/aromatic N) is 2. The molecule has 3 rings (SSSR count). The van der Waals surface area contributed by atoms with Crippen molar-refractivity contribution in [2.75, 3.05) is 11.9 Å². The quantitative estimate of drug-likeness (QED) is 0.893. The van der Waals surface area contributed by atoms with Crippen LogP contribution >= 0.6 is 0 Å². The molecule has 0 saturated heterocycles. The van der Waals surface area contributed by atoms with Crippen LogP contribution in [0.3, 0.4) is 0 Å². The number of para-hydroxylation sites is 1. The number of nitrogens with two attached hydrogens (primary N) is 1. The third kappa shape index (κ3) is 1.92. The monoisotopic (exact) mass is 257 g/mol. The Balaban J connectivity index is 1.93. The number of anilines is 1. The summed E-state index contributed by atoms with van der Waals surface area (Å²) in [5, 5.41) is 1.12. The number of hydrogen-bond donors (Lipinski definition) is 1. The molecule has 0 unspecified atom stereocenters. The number of hydrogen-bond acceptors (Lipinski definition) is 2. The van der Waals surface area contributed by atoms with Gasteiger partial charge in [-0.15, -0.1) is 0 Å². The number of fused-ring (bicyclic) bond motifs is 1. The number of rotatable bonds is 2. The first-order chi connectivity index (χ1) is 9.08. The minimum atomic E-state index is 0.0963. The van der Waals surface area contributed by atoms with Gasteiger partial charge in [-0.3, -0.25) is 4.79 Å². The molecule has 0 radical (unpaired) electrons. The summed E-state index contributed by atoms with van der Waals surface area (Å²) in [6, 6.07) is 8.34. The highest BCUT2D eigenvalue weighted by molar-refractivity contribution is 6.04. The maximum atomic E-state index is 12.4. The van der Waals surface area contributed by atoms with Crippen LogP contribution in [-0.2, 0) is 11.8 Å². The summed E-state index contributed by atoms with van der Waals surface area (Å²) >= 11 is 0. The maximum Gasteiger partial charge on any atom is 0.230 e. The standard InChI is InChI=1S/C15H19N3O/c1-17-9-14(12-5-3-4-6-13(12)17)18(2)15(19)10-7-11(16)8-10/h3-6,9-11H,7-8,16H2,1-2H3. The topological polar surface area (TPSA) is 51.3 Å². The first-order valence-electron chi connectivity index (χ1n) is 6.65.